The second-order valence-corrected chi connectivity index (χ2v) is 8.56. The zero-order valence-corrected chi connectivity index (χ0v) is 17.6. The van der Waals surface area contributed by atoms with Crippen LogP contribution in [0.5, 0.6) is 5.75 Å². The fourth-order valence-electron chi connectivity index (χ4n) is 4.51. The van der Waals surface area contributed by atoms with Gasteiger partial charge in [-0.3, -0.25) is 14.5 Å². The summed E-state index contributed by atoms with van der Waals surface area (Å²) in [4.78, 5) is 31.6. The molecular formula is C22H33N3O3. The quantitative estimate of drug-likeness (QED) is 0.778. The first-order valence-corrected chi connectivity index (χ1v) is 10.3. The Bertz CT molecular complexity index is 703. The fraction of sp³-hybridized carbons (Fsp3) is 0.636. The average molecular weight is 388 g/mol. The normalized spacial score (nSPS) is 23.5. The molecule has 6 heteroatoms. The van der Waals surface area contributed by atoms with Crippen molar-refractivity contribution in [1.29, 1.82) is 0 Å². The van der Waals surface area contributed by atoms with Crippen molar-refractivity contribution in [2.45, 2.75) is 33.7 Å². The molecule has 0 aromatic heterocycles. The van der Waals surface area contributed by atoms with Gasteiger partial charge in [0.25, 0.3) is 0 Å². The summed E-state index contributed by atoms with van der Waals surface area (Å²) in [5.41, 5.74) is 1.04. The number of amides is 2. The van der Waals surface area contributed by atoms with Crippen LogP contribution in [0, 0.1) is 11.3 Å². The Balaban J connectivity index is 1.80. The number of methoxy groups -OCH3 is 1. The van der Waals surface area contributed by atoms with E-state index >= 15 is 0 Å². The van der Waals surface area contributed by atoms with Gasteiger partial charge < -0.3 is 14.5 Å². The van der Waals surface area contributed by atoms with Crippen molar-refractivity contribution in [2.24, 2.45) is 11.3 Å². The van der Waals surface area contributed by atoms with E-state index in [0.29, 0.717) is 13.0 Å². The molecular weight excluding hydrogens is 354 g/mol. The van der Waals surface area contributed by atoms with E-state index in [1.165, 1.54) is 5.56 Å². The monoisotopic (exact) mass is 387 g/mol. The number of hydrogen-bond donors (Lipinski definition) is 0. The number of hydrogen-bond acceptors (Lipinski definition) is 4. The van der Waals surface area contributed by atoms with Crippen molar-refractivity contribution in [3.63, 3.8) is 0 Å². The molecule has 0 N–H and O–H groups in total. The average Bonchev–Trinajstić information content (AvgIpc) is 2.88. The summed E-state index contributed by atoms with van der Waals surface area (Å²) in [6, 6.07) is 8.14. The van der Waals surface area contributed by atoms with Gasteiger partial charge in [-0.25, -0.2) is 0 Å². The molecule has 0 radical (unpaired) electrons. The molecule has 2 aliphatic rings. The predicted molar refractivity (Wildman–Crippen MR) is 109 cm³/mol. The van der Waals surface area contributed by atoms with Crippen LogP contribution in [0.2, 0.25) is 0 Å². The molecule has 28 heavy (non-hydrogen) atoms. The molecule has 2 heterocycles. The first-order chi connectivity index (χ1) is 13.4. The SMILES string of the molecule is CCN1C[C@]2(CC1=O)CN(Cc1ccc(OC)cc1)CCN(C(=O)C(C)C)C2. The van der Waals surface area contributed by atoms with Gasteiger partial charge in [0.15, 0.2) is 0 Å². The fourth-order valence-corrected chi connectivity index (χ4v) is 4.51. The molecule has 0 unspecified atom stereocenters. The van der Waals surface area contributed by atoms with Crippen molar-refractivity contribution >= 4 is 11.8 Å². The van der Waals surface area contributed by atoms with Gasteiger partial charge in [0.1, 0.15) is 5.75 Å². The summed E-state index contributed by atoms with van der Waals surface area (Å²) < 4.78 is 5.25. The minimum absolute atomic E-state index is 0.0235. The topological polar surface area (TPSA) is 53.1 Å². The molecule has 0 aliphatic carbocycles. The molecule has 154 valence electrons. The van der Waals surface area contributed by atoms with Crippen LogP contribution in [-0.4, -0.2) is 72.9 Å². The van der Waals surface area contributed by atoms with E-state index in [1.54, 1.807) is 7.11 Å². The van der Waals surface area contributed by atoms with Crippen molar-refractivity contribution in [1.82, 2.24) is 14.7 Å². The summed E-state index contributed by atoms with van der Waals surface area (Å²) in [5, 5.41) is 0. The summed E-state index contributed by atoms with van der Waals surface area (Å²) >= 11 is 0. The Morgan fingerprint density at radius 2 is 1.86 bits per heavy atom. The van der Waals surface area contributed by atoms with Crippen LogP contribution in [0.15, 0.2) is 24.3 Å². The van der Waals surface area contributed by atoms with Crippen LogP contribution in [0.1, 0.15) is 32.8 Å². The highest BCUT2D eigenvalue weighted by Crippen LogP contribution is 2.35. The lowest BCUT2D eigenvalue weighted by Crippen LogP contribution is -2.45. The van der Waals surface area contributed by atoms with E-state index in [-0.39, 0.29) is 23.1 Å². The van der Waals surface area contributed by atoms with E-state index in [4.69, 9.17) is 4.74 Å². The van der Waals surface area contributed by atoms with Crippen molar-refractivity contribution in [3.05, 3.63) is 29.8 Å². The molecule has 3 rings (SSSR count). The largest absolute Gasteiger partial charge is 0.497 e. The molecule has 1 aromatic rings. The summed E-state index contributed by atoms with van der Waals surface area (Å²) in [7, 11) is 1.67. The third-order valence-corrected chi connectivity index (χ3v) is 5.93. The highest BCUT2D eigenvalue weighted by molar-refractivity contribution is 5.81. The van der Waals surface area contributed by atoms with E-state index < -0.39 is 0 Å². The number of nitrogens with zero attached hydrogens (tertiary/aromatic N) is 3. The van der Waals surface area contributed by atoms with Gasteiger partial charge in [-0.2, -0.15) is 0 Å². The Hall–Kier alpha value is -2.08. The first-order valence-electron chi connectivity index (χ1n) is 10.3. The van der Waals surface area contributed by atoms with Gasteiger partial charge >= 0.3 is 0 Å². The number of rotatable bonds is 5. The molecule has 2 fully saturated rings. The van der Waals surface area contributed by atoms with E-state index in [9.17, 15) is 9.59 Å². The van der Waals surface area contributed by atoms with Crippen LogP contribution in [0.25, 0.3) is 0 Å². The standard InChI is InChI=1S/C22H33N3O3/c1-5-24-15-22(12-20(24)26)14-23(10-11-25(16-22)21(27)17(2)3)13-18-6-8-19(28-4)9-7-18/h6-9,17H,5,10-16H2,1-4H3/t22-/m0/s1. The summed E-state index contributed by atoms with van der Waals surface area (Å²) in [5.74, 6) is 1.23. The molecule has 2 aliphatic heterocycles. The molecule has 1 atom stereocenters. The van der Waals surface area contributed by atoms with Crippen LogP contribution >= 0.6 is 0 Å². The van der Waals surface area contributed by atoms with Crippen LogP contribution in [-0.2, 0) is 16.1 Å². The lowest BCUT2D eigenvalue weighted by molar-refractivity contribution is -0.135. The maximum absolute atomic E-state index is 12.8. The smallest absolute Gasteiger partial charge is 0.225 e. The number of benzene rings is 1. The lowest BCUT2D eigenvalue weighted by Gasteiger charge is -2.34. The highest BCUT2D eigenvalue weighted by Gasteiger charge is 2.46. The second-order valence-electron chi connectivity index (χ2n) is 8.56. The Morgan fingerprint density at radius 3 is 2.43 bits per heavy atom. The van der Waals surface area contributed by atoms with E-state index in [2.05, 4.69) is 17.0 Å². The maximum Gasteiger partial charge on any atom is 0.225 e. The Morgan fingerprint density at radius 1 is 1.14 bits per heavy atom. The molecule has 2 amide bonds. The van der Waals surface area contributed by atoms with Gasteiger partial charge in [-0.15, -0.1) is 0 Å². The van der Waals surface area contributed by atoms with Gasteiger partial charge in [-0.1, -0.05) is 26.0 Å². The van der Waals surface area contributed by atoms with Gasteiger partial charge in [0, 0.05) is 63.6 Å². The van der Waals surface area contributed by atoms with Crippen LogP contribution in [0.3, 0.4) is 0 Å². The zero-order valence-electron chi connectivity index (χ0n) is 17.6. The molecule has 0 saturated carbocycles. The Labute approximate surface area is 168 Å². The van der Waals surface area contributed by atoms with Crippen molar-refractivity contribution in [3.8, 4) is 5.75 Å². The van der Waals surface area contributed by atoms with Gasteiger partial charge in [-0.05, 0) is 24.6 Å². The second kappa shape index (κ2) is 8.52. The van der Waals surface area contributed by atoms with Crippen molar-refractivity contribution < 1.29 is 14.3 Å². The third-order valence-electron chi connectivity index (χ3n) is 5.93. The van der Waals surface area contributed by atoms with Gasteiger partial charge in [0.05, 0.1) is 7.11 Å². The van der Waals surface area contributed by atoms with Crippen molar-refractivity contribution in [2.75, 3.05) is 46.4 Å². The molecule has 2 saturated heterocycles. The molecule has 6 nitrogen and oxygen atoms in total. The van der Waals surface area contributed by atoms with Crippen LogP contribution in [0.4, 0.5) is 0 Å². The summed E-state index contributed by atoms with van der Waals surface area (Å²) in [6.45, 7) is 11.3. The lowest BCUT2D eigenvalue weighted by atomic mass is 9.85. The van der Waals surface area contributed by atoms with E-state index in [1.807, 2.05) is 42.7 Å². The molecule has 0 bridgehead atoms. The van der Waals surface area contributed by atoms with E-state index in [0.717, 1.165) is 45.0 Å². The van der Waals surface area contributed by atoms with Crippen LogP contribution < -0.4 is 4.74 Å². The number of likely N-dealkylation sites (tertiary alicyclic amines) is 1. The number of carbonyl (C=O) groups excluding carboxylic acids is 2. The summed E-state index contributed by atoms with van der Waals surface area (Å²) in [6.07, 6.45) is 0.530. The first kappa shape index (κ1) is 20.6. The predicted octanol–water partition coefficient (Wildman–Crippen LogP) is 2.23. The number of ether oxygens (including phenoxy) is 1. The Kier molecular flexibility index (Phi) is 6.28. The number of carbonyl (C=O) groups is 2. The third kappa shape index (κ3) is 4.49. The minimum Gasteiger partial charge on any atom is -0.497 e. The zero-order chi connectivity index (χ0) is 20.3. The molecule has 1 spiro atoms. The maximum atomic E-state index is 12.8. The molecule has 1 aromatic carbocycles. The van der Waals surface area contributed by atoms with Gasteiger partial charge in [0.2, 0.25) is 11.8 Å². The highest BCUT2D eigenvalue weighted by atomic mass is 16.5. The minimum atomic E-state index is -0.180.